The molecule has 2 aliphatic rings. The molecule has 5 heteroatoms. The standard InChI is InChI=1S/C8H6N2O2S/c1-12-5-2-6-8(10-4-9-6)7(3-5)13-11/h2-4H,1H3. The second-order valence-electron chi connectivity index (χ2n) is 2.45. The van der Waals surface area contributed by atoms with Crippen molar-refractivity contribution < 1.29 is 8.95 Å². The van der Waals surface area contributed by atoms with Crippen LogP contribution in [0.3, 0.4) is 0 Å². The normalized spacial score (nSPS) is 18.8. The maximum atomic E-state index is 10.7. The molecule has 66 valence electrons. The molecule has 0 saturated carbocycles. The van der Waals surface area contributed by atoms with E-state index >= 15 is 0 Å². The number of rotatable bonds is 1. The molecule has 0 bridgehead atoms. The Hall–Kier alpha value is -1.49. The topological polar surface area (TPSA) is 51.0 Å². The molecule has 4 nitrogen and oxygen atoms in total. The number of hydrogen-bond donors (Lipinski definition) is 0. The molecular weight excluding hydrogens is 188 g/mol. The van der Waals surface area contributed by atoms with Gasteiger partial charge in [0.1, 0.15) is 17.8 Å². The summed E-state index contributed by atoms with van der Waals surface area (Å²) in [6.45, 7) is 0. The first-order chi connectivity index (χ1) is 6.35. The molecule has 0 radical (unpaired) electrons. The van der Waals surface area contributed by atoms with Gasteiger partial charge >= 0.3 is 0 Å². The van der Waals surface area contributed by atoms with E-state index in [0.717, 1.165) is 0 Å². The predicted octanol–water partition coefficient (Wildman–Crippen LogP) is 0.282. The van der Waals surface area contributed by atoms with E-state index in [2.05, 4.69) is 9.98 Å². The smallest absolute Gasteiger partial charge is 0.122 e. The van der Waals surface area contributed by atoms with Crippen LogP contribution in [-0.2, 0) is 16.0 Å². The average molecular weight is 194 g/mol. The number of methoxy groups -OCH3 is 1. The number of aliphatic imine (C=N–C) groups is 2. The average Bonchev–Trinajstić information content (AvgIpc) is 2.63. The van der Waals surface area contributed by atoms with Crippen molar-refractivity contribution in [2.45, 2.75) is 0 Å². The van der Waals surface area contributed by atoms with Crippen LogP contribution in [0.1, 0.15) is 0 Å². The monoisotopic (exact) mass is 194 g/mol. The molecule has 0 unspecified atom stereocenters. The highest BCUT2D eigenvalue weighted by atomic mass is 32.1. The lowest BCUT2D eigenvalue weighted by Crippen LogP contribution is -2.16. The van der Waals surface area contributed by atoms with Gasteiger partial charge < -0.3 is 4.74 Å². The molecule has 0 atom stereocenters. The van der Waals surface area contributed by atoms with Crippen LogP contribution in [0.5, 0.6) is 0 Å². The van der Waals surface area contributed by atoms with Gasteiger partial charge in [-0.2, -0.15) is 0 Å². The molecule has 13 heavy (non-hydrogen) atoms. The van der Waals surface area contributed by atoms with E-state index in [0.29, 0.717) is 33.3 Å². The van der Waals surface area contributed by atoms with Crippen molar-refractivity contribution in [2.75, 3.05) is 7.11 Å². The lowest BCUT2D eigenvalue weighted by Gasteiger charge is -2.08. The highest BCUT2D eigenvalue weighted by molar-refractivity contribution is 7.69. The van der Waals surface area contributed by atoms with Crippen LogP contribution in [0.25, 0.3) is 0 Å². The third-order valence-corrected chi connectivity index (χ3v) is 2.23. The molecular formula is C8H6N2O2S. The summed E-state index contributed by atoms with van der Waals surface area (Å²) in [5.41, 5.74) is 1.33. The lowest BCUT2D eigenvalue weighted by atomic mass is 10.1. The second kappa shape index (κ2) is 3.10. The molecule has 0 aromatic carbocycles. The molecule has 1 aliphatic heterocycles. The summed E-state index contributed by atoms with van der Waals surface area (Å²) in [5, 5.41) is 0. The number of fused-ring (bicyclic) bond motifs is 1. The van der Waals surface area contributed by atoms with Crippen LogP contribution in [0, 0.1) is 0 Å². The fourth-order valence-corrected chi connectivity index (χ4v) is 1.53. The second-order valence-corrected chi connectivity index (χ2v) is 3.06. The van der Waals surface area contributed by atoms with Gasteiger partial charge in [-0.15, -0.1) is 0 Å². The van der Waals surface area contributed by atoms with E-state index in [1.807, 2.05) is 0 Å². The van der Waals surface area contributed by atoms with Gasteiger partial charge in [0.2, 0.25) is 0 Å². The van der Waals surface area contributed by atoms with Crippen LogP contribution in [0.15, 0.2) is 33.6 Å². The van der Waals surface area contributed by atoms with Crippen molar-refractivity contribution >= 4 is 28.2 Å². The maximum absolute atomic E-state index is 10.7. The zero-order valence-corrected chi connectivity index (χ0v) is 7.67. The molecule has 2 rings (SSSR count). The van der Waals surface area contributed by atoms with Gasteiger partial charge in [0, 0.05) is 12.2 Å². The Morgan fingerprint density at radius 2 is 2.31 bits per heavy atom. The van der Waals surface area contributed by atoms with Crippen molar-refractivity contribution in [3.63, 3.8) is 0 Å². The van der Waals surface area contributed by atoms with Gasteiger partial charge in [-0.1, -0.05) is 0 Å². The first kappa shape index (κ1) is 8.12. The van der Waals surface area contributed by atoms with E-state index in [4.69, 9.17) is 4.74 Å². The van der Waals surface area contributed by atoms with Gasteiger partial charge in [0.15, 0.2) is 0 Å². The highest BCUT2D eigenvalue weighted by Gasteiger charge is 2.20. The molecule has 0 fully saturated rings. The Balaban J connectivity index is 2.53. The van der Waals surface area contributed by atoms with E-state index in [1.54, 1.807) is 19.3 Å². The van der Waals surface area contributed by atoms with Crippen molar-refractivity contribution in [3.8, 4) is 0 Å². The fraction of sp³-hybridized carbons (Fsp3) is 0.125. The van der Waals surface area contributed by atoms with Crippen LogP contribution < -0.4 is 0 Å². The molecule has 0 amide bonds. The Labute approximate surface area is 78.4 Å². The summed E-state index contributed by atoms with van der Waals surface area (Å²) >= 11 is 0.400. The SMILES string of the molecule is COC1=CC(=S=O)C2=NC=NC2=C1. The van der Waals surface area contributed by atoms with E-state index in [1.165, 1.54) is 6.34 Å². The first-order valence-corrected chi connectivity index (χ1v) is 4.34. The zero-order chi connectivity index (χ0) is 9.26. The Kier molecular flexibility index (Phi) is 1.94. The molecule has 0 saturated heterocycles. The minimum atomic E-state index is 0.400. The molecule has 1 heterocycles. The quantitative estimate of drug-likeness (QED) is 0.563. The van der Waals surface area contributed by atoms with Crippen LogP contribution in [0.4, 0.5) is 0 Å². The van der Waals surface area contributed by atoms with E-state index < -0.39 is 0 Å². The molecule has 0 N–H and O–H groups in total. The third-order valence-electron chi connectivity index (χ3n) is 1.74. The van der Waals surface area contributed by atoms with Crippen molar-refractivity contribution in [1.29, 1.82) is 0 Å². The number of ether oxygens (including phenoxy) is 1. The Morgan fingerprint density at radius 1 is 1.46 bits per heavy atom. The lowest BCUT2D eigenvalue weighted by molar-refractivity contribution is 0.307. The van der Waals surface area contributed by atoms with Gasteiger partial charge in [-0.05, 0) is 0 Å². The molecule has 0 aromatic rings. The summed E-state index contributed by atoms with van der Waals surface area (Å²) in [7, 11) is 1.55. The van der Waals surface area contributed by atoms with Gasteiger partial charge in [-0.25, -0.2) is 14.2 Å². The number of allylic oxidation sites excluding steroid dienone is 3. The molecule has 0 spiro atoms. The number of nitrogens with zero attached hydrogens (tertiary/aromatic N) is 2. The first-order valence-electron chi connectivity index (χ1n) is 3.60. The summed E-state index contributed by atoms with van der Waals surface area (Å²) in [4.78, 5) is 8.52. The van der Waals surface area contributed by atoms with E-state index in [9.17, 15) is 4.21 Å². The van der Waals surface area contributed by atoms with Gasteiger partial charge in [0.25, 0.3) is 0 Å². The van der Waals surface area contributed by atoms with Crippen molar-refractivity contribution in [2.24, 2.45) is 9.98 Å². The summed E-state index contributed by atoms with van der Waals surface area (Å²) in [6, 6.07) is 0. The predicted molar refractivity (Wildman–Crippen MR) is 52.3 cm³/mol. The Bertz CT molecular complexity index is 425. The summed E-state index contributed by atoms with van der Waals surface area (Å²) in [5.74, 6) is 0.631. The fourth-order valence-electron chi connectivity index (χ4n) is 1.13. The summed E-state index contributed by atoms with van der Waals surface area (Å²) in [6.07, 6.45) is 4.85. The molecule has 1 aliphatic carbocycles. The largest absolute Gasteiger partial charge is 0.497 e. The van der Waals surface area contributed by atoms with Crippen LogP contribution in [0.2, 0.25) is 0 Å². The molecule has 0 aromatic heterocycles. The minimum Gasteiger partial charge on any atom is -0.497 e. The maximum Gasteiger partial charge on any atom is 0.122 e. The minimum absolute atomic E-state index is 0.400. The third kappa shape index (κ3) is 1.27. The number of hydrogen-bond acceptors (Lipinski definition) is 4. The highest BCUT2D eigenvalue weighted by Crippen LogP contribution is 2.17. The Morgan fingerprint density at radius 3 is 3.00 bits per heavy atom. The van der Waals surface area contributed by atoms with Gasteiger partial charge in [0.05, 0.1) is 28.9 Å². The zero-order valence-electron chi connectivity index (χ0n) is 6.85. The van der Waals surface area contributed by atoms with E-state index in [-0.39, 0.29) is 0 Å². The van der Waals surface area contributed by atoms with Crippen molar-refractivity contribution in [1.82, 2.24) is 0 Å². The van der Waals surface area contributed by atoms with Gasteiger partial charge in [-0.3, -0.25) is 0 Å². The summed E-state index contributed by atoms with van der Waals surface area (Å²) < 4.78 is 15.7. The van der Waals surface area contributed by atoms with Crippen LogP contribution in [-0.4, -0.2) is 28.2 Å². The van der Waals surface area contributed by atoms with Crippen molar-refractivity contribution in [3.05, 3.63) is 23.6 Å². The van der Waals surface area contributed by atoms with Crippen LogP contribution >= 0.6 is 0 Å².